The zero-order valence-corrected chi connectivity index (χ0v) is 20.9. The third kappa shape index (κ3) is 6.14. The first-order chi connectivity index (χ1) is 16.2. The lowest BCUT2D eigenvalue weighted by Gasteiger charge is -2.07. The molecule has 35 heavy (non-hydrogen) atoms. The van der Waals surface area contributed by atoms with Crippen molar-refractivity contribution in [3.8, 4) is 0 Å². The van der Waals surface area contributed by atoms with Crippen molar-refractivity contribution in [2.75, 3.05) is 5.73 Å². The summed E-state index contributed by atoms with van der Waals surface area (Å²) < 4.78 is 64.7. The Balaban J connectivity index is 1.97. The Morgan fingerprint density at radius 3 is 1.49 bits per heavy atom. The molecule has 11 nitrogen and oxygen atoms in total. The van der Waals surface area contributed by atoms with Crippen molar-refractivity contribution >= 4 is 48.7 Å². The van der Waals surface area contributed by atoms with E-state index in [1.807, 2.05) is 26.0 Å². The highest BCUT2D eigenvalue weighted by molar-refractivity contribution is 7.86. The first-order valence-electron chi connectivity index (χ1n) is 10.1. The van der Waals surface area contributed by atoms with Crippen LogP contribution in [0.3, 0.4) is 0 Å². The molecule has 0 atom stereocenters. The average molecular weight is 518 g/mol. The smallest absolute Gasteiger partial charge is 0.296 e. The van der Waals surface area contributed by atoms with Crippen LogP contribution in [-0.2, 0) is 20.2 Å². The Labute approximate surface area is 202 Å². The first-order valence-corrected chi connectivity index (χ1v) is 13.0. The maximum absolute atomic E-state index is 11.7. The monoisotopic (exact) mass is 517 g/mol. The normalized spacial score (nSPS) is 12.6. The molecule has 0 aliphatic carbocycles. The van der Waals surface area contributed by atoms with Gasteiger partial charge in [0.1, 0.15) is 10.6 Å². The van der Waals surface area contributed by atoms with Crippen LogP contribution >= 0.6 is 0 Å². The molecule has 0 bridgehead atoms. The van der Waals surface area contributed by atoms with Crippen LogP contribution in [0, 0.1) is 27.7 Å². The van der Waals surface area contributed by atoms with E-state index in [9.17, 15) is 21.4 Å². The molecule has 4 N–H and O–H groups in total. The van der Waals surface area contributed by atoms with Crippen LogP contribution in [0.15, 0.2) is 72.7 Å². The van der Waals surface area contributed by atoms with E-state index in [1.165, 1.54) is 0 Å². The fourth-order valence-electron chi connectivity index (χ4n) is 3.09. The summed E-state index contributed by atoms with van der Waals surface area (Å²) in [6.45, 7) is 7.30. The minimum atomic E-state index is -4.85. The Morgan fingerprint density at radius 2 is 1.03 bits per heavy atom. The lowest BCUT2D eigenvalue weighted by molar-refractivity contribution is 0.481. The second-order valence-electron chi connectivity index (χ2n) is 7.90. The van der Waals surface area contributed by atoms with Crippen LogP contribution in [0.5, 0.6) is 0 Å². The number of hydrogen-bond acceptors (Lipinski definition) is 9. The Bertz CT molecular complexity index is 1600. The van der Waals surface area contributed by atoms with E-state index in [1.54, 1.807) is 26.0 Å². The maximum atomic E-state index is 11.7. The highest BCUT2D eigenvalue weighted by Crippen LogP contribution is 2.34. The third-order valence-corrected chi connectivity index (χ3v) is 6.87. The molecule has 0 aromatic heterocycles. The standard InChI is InChI=1S/C22H23N5O6S2/c1-12-8-19(13(2)7-17(12)23)26-27-21-10-14(3)20(9-15(21)4)25-24-18-6-5-16(34(28,29)30)11-22(18)35(31,32)33/h5-11H,23H2,1-4H3,(H,28,29,30)(H,31,32,33)/b25-24+,27-26+. The van der Waals surface area contributed by atoms with Gasteiger partial charge in [0.25, 0.3) is 20.2 Å². The van der Waals surface area contributed by atoms with Crippen LogP contribution in [-0.4, -0.2) is 25.9 Å². The summed E-state index contributed by atoms with van der Waals surface area (Å²) in [6.07, 6.45) is 0. The lowest BCUT2D eigenvalue weighted by Crippen LogP contribution is -2.03. The molecule has 0 amide bonds. The molecule has 0 heterocycles. The van der Waals surface area contributed by atoms with Gasteiger partial charge in [-0.15, -0.1) is 5.11 Å². The van der Waals surface area contributed by atoms with Gasteiger partial charge in [-0.3, -0.25) is 9.11 Å². The molecule has 0 saturated carbocycles. The summed E-state index contributed by atoms with van der Waals surface area (Å²) in [7, 11) is -9.55. The number of nitrogen functional groups attached to an aromatic ring is 1. The van der Waals surface area contributed by atoms with E-state index < -0.39 is 30.0 Å². The van der Waals surface area contributed by atoms with Crippen molar-refractivity contribution in [1.29, 1.82) is 0 Å². The fraction of sp³-hybridized carbons (Fsp3) is 0.182. The summed E-state index contributed by atoms with van der Waals surface area (Å²) in [5.41, 5.74) is 11.1. The van der Waals surface area contributed by atoms with Gasteiger partial charge in [0.15, 0.2) is 0 Å². The molecule has 0 spiro atoms. The molecule has 0 unspecified atom stereocenters. The molecule has 0 aliphatic rings. The van der Waals surface area contributed by atoms with Crippen LogP contribution in [0.25, 0.3) is 0 Å². The second kappa shape index (κ2) is 9.62. The van der Waals surface area contributed by atoms with Gasteiger partial charge in [-0.1, -0.05) is 0 Å². The van der Waals surface area contributed by atoms with Crippen molar-refractivity contribution < 1.29 is 25.9 Å². The van der Waals surface area contributed by atoms with Gasteiger partial charge in [-0.2, -0.15) is 32.2 Å². The number of azo groups is 2. The Hall–Kier alpha value is -3.52. The third-order valence-electron chi connectivity index (χ3n) is 5.14. The number of nitrogens with two attached hydrogens (primary N) is 1. The minimum Gasteiger partial charge on any atom is -0.399 e. The number of aryl methyl sites for hydroxylation is 4. The van der Waals surface area contributed by atoms with Crippen molar-refractivity contribution in [2.45, 2.75) is 37.5 Å². The number of benzene rings is 3. The summed E-state index contributed by atoms with van der Waals surface area (Å²) >= 11 is 0. The largest absolute Gasteiger partial charge is 0.399 e. The number of nitrogens with zero attached hydrogens (tertiary/aromatic N) is 4. The van der Waals surface area contributed by atoms with E-state index in [-0.39, 0.29) is 5.69 Å². The quantitative estimate of drug-likeness (QED) is 0.209. The maximum Gasteiger partial charge on any atom is 0.296 e. The molecule has 0 radical (unpaired) electrons. The molecule has 0 fully saturated rings. The van der Waals surface area contributed by atoms with E-state index in [4.69, 9.17) is 10.3 Å². The topological polar surface area (TPSA) is 184 Å². The predicted octanol–water partition coefficient (Wildman–Crippen LogP) is 5.83. The molecule has 3 rings (SSSR count). The summed E-state index contributed by atoms with van der Waals surface area (Å²) in [4.78, 5) is -1.53. The minimum absolute atomic E-state index is 0.310. The molecule has 3 aromatic carbocycles. The zero-order chi connectivity index (χ0) is 26.1. The lowest BCUT2D eigenvalue weighted by atomic mass is 10.1. The average Bonchev–Trinajstić information content (AvgIpc) is 2.74. The van der Waals surface area contributed by atoms with E-state index in [0.717, 1.165) is 28.8 Å². The van der Waals surface area contributed by atoms with Crippen LogP contribution < -0.4 is 5.73 Å². The molecule has 3 aromatic rings. The van der Waals surface area contributed by atoms with Crippen molar-refractivity contribution in [3.05, 3.63) is 64.7 Å². The van der Waals surface area contributed by atoms with E-state index in [2.05, 4.69) is 20.5 Å². The van der Waals surface area contributed by atoms with E-state index in [0.29, 0.717) is 34.4 Å². The van der Waals surface area contributed by atoms with Crippen molar-refractivity contribution in [3.63, 3.8) is 0 Å². The Morgan fingerprint density at radius 1 is 0.600 bits per heavy atom. The zero-order valence-electron chi connectivity index (χ0n) is 19.3. The molecule has 0 saturated heterocycles. The van der Waals surface area contributed by atoms with Crippen molar-refractivity contribution in [1.82, 2.24) is 0 Å². The summed E-state index contributed by atoms with van der Waals surface area (Å²) in [5.74, 6) is 0. The van der Waals surface area contributed by atoms with Crippen molar-refractivity contribution in [2.24, 2.45) is 20.5 Å². The van der Waals surface area contributed by atoms with Gasteiger partial charge in [0, 0.05) is 5.69 Å². The SMILES string of the molecule is Cc1cc(/N=N/c2cc(C)c(/N=N/c3ccc(S(=O)(=O)O)cc3S(=O)(=O)O)cc2C)c(C)cc1N. The van der Waals surface area contributed by atoms with Gasteiger partial charge in [0.05, 0.1) is 22.0 Å². The van der Waals surface area contributed by atoms with Crippen LogP contribution in [0.1, 0.15) is 22.3 Å². The summed E-state index contributed by atoms with van der Waals surface area (Å²) in [5, 5.41) is 16.6. The van der Waals surface area contributed by atoms with Crippen LogP contribution in [0.4, 0.5) is 28.4 Å². The van der Waals surface area contributed by atoms with Gasteiger partial charge >= 0.3 is 0 Å². The highest BCUT2D eigenvalue weighted by Gasteiger charge is 2.20. The highest BCUT2D eigenvalue weighted by atomic mass is 32.2. The van der Waals surface area contributed by atoms with Gasteiger partial charge in [-0.25, -0.2) is 0 Å². The predicted molar refractivity (Wildman–Crippen MR) is 131 cm³/mol. The Kier molecular flexibility index (Phi) is 7.17. The van der Waals surface area contributed by atoms with Crippen LogP contribution in [0.2, 0.25) is 0 Å². The number of anilines is 1. The van der Waals surface area contributed by atoms with E-state index >= 15 is 0 Å². The molecule has 0 aliphatic heterocycles. The van der Waals surface area contributed by atoms with Gasteiger partial charge in [0.2, 0.25) is 0 Å². The van der Waals surface area contributed by atoms with Gasteiger partial charge in [-0.05, 0) is 92.4 Å². The summed E-state index contributed by atoms with van der Waals surface area (Å²) in [6, 6.07) is 9.64. The van der Waals surface area contributed by atoms with Gasteiger partial charge < -0.3 is 5.73 Å². The molecule has 184 valence electrons. The molecular formula is C22H23N5O6S2. The second-order valence-corrected chi connectivity index (χ2v) is 10.7. The first kappa shape index (κ1) is 26.1. The molecule has 13 heteroatoms. The fourth-order valence-corrected chi connectivity index (χ4v) is 4.32. The molecular weight excluding hydrogens is 494 g/mol. The number of rotatable bonds is 6. The number of hydrogen-bond donors (Lipinski definition) is 3.